The molecule has 0 unspecified atom stereocenters. The van der Waals surface area contributed by atoms with E-state index in [0.717, 1.165) is 10.4 Å². The molecule has 0 aliphatic carbocycles. The van der Waals surface area contributed by atoms with Crippen molar-refractivity contribution in [2.75, 3.05) is 21.2 Å². The first-order chi connectivity index (χ1) is 14.1. The van der Waals surface area contributed by atoms with E-state index in [9.17, 15) is 4.79 Å². The van der Waals surface area contributed by atoms with Crippen LogP contribution in [0.15, 0.2) is 52.5 Å². The Kier molecular flexibility index (Phi) is 5.05. The lowest BCUT2D eigenvalue weighted by Crippen LogP contribution is -2.21. The average Bonchev–Trinajstić information content (AvgIpc) is 3.42. The quantitative estimate of drug-likeness (QED) is 0.498. The Balaban J connectivity index is 1.62. The topological polar surface area (TPSA) is 94.2 Å². The predicted molar refractivity (Wildman–Crippen MR) is 109 cm³/mol. The van der Waals surface area contributed by atoms with Crippen molar-refractivity contribution in [2.24, 2.45) is 0 Å². The molecule has 0 atom stereocenters. The van der Waals surface area contributed by atoms with Crippen LogP contribution in [0.3, 0.4) is 0 Å². The van der Waals surface area contributed by atoms with E-state index < -0.39 is 0 Å². The molecule has 29 heavy (non-hydrogen) atoms. The van der Waals surface area contributed by atoms with Crippen molar-refractivity contribution in [3.63, 3.8) is 0 Å². The molecule has 0 aliphatic heterocycles. The molecule has 3 heterocycles. The molecule has 9 heteroatoms. The van der Waals surface area contributed by atoms with Crippen molar-refractivity contribution in [2.45, 2.75) is 0 Å². The van der Waals surface area contributed by atoms with Crippen LogP contribution >= 0.6 is 11.3 Å². The molecule has 3 aromatic heterocycles. The van der Waals surface area contributed by atoms with Gasteiger partial charge in [-0.2, -0.15) is 0 Å². The molecular formula is C20H17N5O3S. The van der Waals surface area contributed by atoms with Gasteiger partial charge < -0.3 is 14.1 Å². The van der Waals surface area contributed by atoms with Crippen LogP contribution in [0, 0.1) is 0 Å². The van der Waals surface area contributed by atoms with E-state index in [1.165, 1.54) is 16.2 Å². The zero-order valence-electron chi connectivity index (χ0n) is 16.0. The minimum Gasteiger partial charge on any atom is -0.495 e. The molecule has 0 radical (unpaired) electrons. The highest BCUT2D eigenvalue weighted by Gasteiger charge is 2.17. The number of nitrogens with zero attached hydrogens (tertiary/aromatic N) is 5. The Morgan fingerprint density at radius 2 is 1.76 bits per heavy atom. The van der Waals surface area contributed by atoms with Gasteiger partial charge in [-0.15, -0.1) is 21.5 Å². The number of benzene rings is 1. The normalized spacial score (nSPS) is 10.7. The van der Waals surface area contributed by atoms with Crippen molar-refractivity contribution >= 4 is 17.2 Å². The van der Waals surface area contributed by atoms with Crippen LogP contribution in [0.25, 0.3) is 33.6 Å². The molecule has 4 rings (SSSR count). The summed E-state index contributed by atoms with van der Waals surface area (Å²) in [7, 11) is 5.03. The van der Waals surface area contributed by atoms with Crippen LogP contribution in [-0.4, -0.2) is 52.2 Å². The van der Waals surface area contributed by atoms with Crippen molar-refractivity contribution in [1.29, 1.82) is 0 Å². The number of carbonyl (C=O) groups excluding carboxylic acids is 1. The second kappa shape index (κ2) is 7.80. The first kappa shape index (κ1) is 18.8. The summed E-state index contributed by atoms with van der Waals surface area (Å²) in [4.78, 5) is 23.2. The molecule has 8 nitrogen and oxygen atoms in total. The van der Waals surface area contributed by atoms with E-state index in [4.69, 9.17) is 9.15 Å². The number of methoxy groups -OCH3 is 1. The summed E-state index contributed by atoms with van der Waals surface area (Å²) >= 11 is 1.45. The molecule has 1 aromatic carbocycles. The number of carbonyl (C=O) groups is 1. The van der Waals surface area contributed by atoms with Gasteiger partial charge >= 0.3 is 0 Å². The first-order valence-corrected chi connectivity index (χ1v) is 9.54. The summed E-state index contributed by atoms with van der Waals surface area (Å²) in [5, 5.41) is 10.1. The summed E-state index contributed by atoms with van der Waals surface area (Å²) in [5.74, 6) is 1.26. The fourth-order valence-corrected chi connectivity index (χ4v) is 3.46. The second-order valence-corrected chi connectivity index (χ2v) is 7.21. The largest absolute Gasteiger partial charge is 0.495 e. The summed E-state index contributed by atoms with van der Waals surface area (Å²) in [5.41, 5.74) is 2.54. The van der Waals surface area contributed by atoms with Crippen LogP contribution in [0.2, 0.25) is 0 Å². The zero-order valence-corrected chi connectivity index (χ0v) is 16.8. The maximum Gasteiger partial charge on any atom is 0.268 e. The Morgan fingerprint density at radius 1 is 1.03 bits per heavy atom. The fraction of sp³-hybridized carbons (Fsp3) is 0.150. The molecule has 0 saturated heterocycles. The molecular weight excluding hydrogens is 390 g/mol. The smallest absolute Gasteiger partial charge is 0.268 e. The maximum absolute atomic E-state index is 12.0. The van der Waals surface area contributed by atoms with Crippen LogP contribution in [0.1, 0.15) is 10.4 Å². The van der Waals surface area contributed by atoms with E-state index in [0.29, 0.717) is 28.6 Å². The van der Waals surface area contributed by atoms with Crippen molar-refractivity contribution in [1.82, 2.24) is 25.1 Å². The first-order valence-electron chi connectivity index (χ1n) is 8.66. The monoisotopic (exact) mass is 407 g/mol. The Morgan fingerprint density at radius 3 is 2.48 bits per heavy atom. The summed E-state index contributed by atoms with van der Waals surface area (Å²) in [6.07, 6.45) is 3.21. The Bertz CT molecular complexity index is 1150. The van der Waals surface area contributed by atoms with Gasteiger partial charge in [0.1, 0.15) is 16.3 Å². The highest BCUT2D eigenvalue weighted by Crippen LogP contribution is 2.35. The lowest BCUT2D eigenvalue weighted by Gasteiger charge is -2.10. The van der Waals surface area contributed by atoms with Gasteiger partial charge in [-0.05, 0) is 23.6 Å². The SMILES string of the molecule is COc1ccsc1-c1nnc(-c2cncc(-c3ccc(C(=O)N(C)C)cc3)n2)o1. The molecule has 0 spiro atoms. The molecule has 0 bridgehead atoms. The number of hydrogen-bond acceptors (Lipinski definition) is 8. The maximum atomic E-state index is 12.0. The number of aromatic nitrogens is 4. The highest BCUT2D eigenvalue weighted by atomic mass is 32.1. The number of rotatable bonds is 5. The van der Waals surface area contributed by atoms with Crippen molar-refractivity contribution < 1.29 is 13.9 Å². The lowest BCUT2D eigenvalue weighted by atomic mass is 10.1. The summed E-state index contributed by atoms with van der Waals surface area (Å²) < 4.78 is 11.1. The van der Waals surface area contributed by atoms with Gasteiger partial charge in [0.15, 0.2) is 0 Å². The number of hydrogen-bond donors (Lipinski definition) is 0. The molecule has 0 fully saturated rings. The van der Waals surface area contributed by atoms with Crippen LogP contribution in [-0.2, 0) is 0 Å². The molecule has 1 amide bonds. The van der Waals surface area contributed by atoms with Crippen molar-refractivity contribution in [3.8, 4) is 39.4 Å². The second-order valence-electron chi connectivity index (χ2n) is 6.30. The van der Waals surface area contributed by atoms with E-state index in [-0.39, 0.29) is 11.8 Å². The minimum atomic E-state index is -0.0567. The predicted octanol–water partition coefficient (Wildman–Crippen LogP) is 3.63. The third-order valence-corrected chi connectivity index (χ3v) is 5.04. The highest BCUT2D eigenvalue weighted by molar-refractivity contribution is 7.13. The number of ether oxygens (including phenoxy) is 1. The van der Waals surface area contributed by atoms with Crippen molar-refractivity contribution in [3.05, 3.63) is 53.7 Å². The van der Waals surface area contributed by atoms with Gasteiger partial charge in [-0.25, -0.2) is 4.98 Å². The zero-order chi connectivity index (χ0) is 20.4. The molecule has 4 aromatic rings. The van der Waals surface area contributed by atoms with E-state index in [1.807, 2.05) is 23.6 Å². The van der Waals surface area contributed by atoms with Gasteiger partial charge in [-0.3, -0.25) is 9.78 Å². The van der Waals surface area contributed by atoms with Gasteiger partial charge in [-0.1, -0.05) is 12.1 Å². The van der Waals surface area contributed by atoms with E-state index in [2.05, 4.69) is 20.2 Å². The third-order valence-electron chi connectivity index (χ3n) is 4.16. The molecule has 146 valence electrons. The van der Waals surface area contributed by atoms with Gasteiger partial charge in [0.05, 0.1) is 25.2 Å². The Labute approximate surface area is 170 Å². The van der Waals surface area contributed by atoms with E-state index in [1.54, 1.807) is 45.7 Å². The van der Waals surface area contributed by atoms with Crippen LogP contribution in [0.4, 0.5) is 0 Å². The van der Waals surface area contributed by atoms with Gasteiger partial charge in [0, 0.05) is 25.2 Å². The Hall–Kier alpha value is -3.59. The van der Waals surface area contributed by atoms with Gasteiger partial charge in [0.2, 0.25) is 0 Å². The van der Waals surface area contributed by atoms with Crippen LogP contribution in [0.5, 0.6) is 5.75 Å². The number of thiophene rings is 1. The van der Waals surface area contributed by atoms with Crippen LogP contribution < -0.4 is 4.74 Å². The molecule has 0 aliphatic rings. The minimum absolute atomic E-state index is 0.0567. The summed E-state index contributed by atoms with van der Waals surface area (Å²) in [6.45, 7) is 0. The number of amides is 1. The molecule has 0 saturated carbocycles. The third kappa shape index (κ3) is 3.72. The lowest BCUT2D eigenvalue weighted by molar-refractivity contribution is 0.0827. The van der Waals surface area contributed by atoms with Gasteiger partial charge in [0.25, 0.3) is 17.7 Å². The fourth-order valence-electron chi connectivity index (χ4n) is 2.68. The van der Waals surface area contributed by atoms with E-state index >= 15 is 0 Å². The summed E-state index contributed by atoms with van der Waals surface area (Å²) in [6, 6.07) is 9.04. The standard InChI is InChI=1S/C20H17N5O3S/c1-25(2)20(26)13-6-4-12(5-7-13)14-10-21-11-15(22-14)18-23-24-19(28-18)17-16(27-3)8-9-29-17/h4-11H,1-3H3. The molecule has 0 N–H and O–H groups in total. The average molecular weight is 407 g/mol.